The minimum atomic E-state index is 0.478. The molecule has 0 saturated heterocycles. The van der Waals surface area contributed by atoms with Crippen LogP contribution in [0.5, 0.6) is 0 Å². The van der Waals surface area contributed by atoms with Gasteiger partial charge in [-0.1, -0.05) is 19.8 Å². The third-order valence-electron chi connectivity index (χ3n) is 4.48. The Morgan fingerprint density at radius 1 is 1.23 bits per heavy atom. The molecule has 0 unspecified atom stereocenters. The van der Waals surface area contributed by atoms with Gasteiger partial charge in [0.25, 0.3) is 0 Å². The Hall–Kier alpha value is -1.52. The second-order valence-electron chi connectivity index (χ2n) is 6.45. The summed E-state index contributed by atoms with van der Waals surface area (Å²) in [6.07, 6.45) is 5.36. The Morgan fingerprint density at radius 2 is 1.95 bits per heavy atom. The maximum atomic E-state index is 5.58. The molecule has 0 bridgehead atoms. The van der Waals surface area contributed by atoms with Crippen LogP contribution in [0.1, 0.15) is 56.9 Å². The Balaban J connectivity index is 1.84. The van der Waals surface area contributed by atoms with Gasteiger partial charge in [-0.05, 0) is 45.4 Å². The number of hydrogen-bond donors (Lipinski definition) is 2. The molecule has 1 aromatic rings. The molecule has 22 heavy (non-hydrogen) atoms. The van der Waals surface area contributed by atoms with Crippen LogP contribution in [0.3, 0.4) is 0 Å². The molecule has 1 aliphatic rings. The zero-order valence-corrected chi connectivity index (χ0v) is 14.4. The van der Waals surface area contributed by atoms with Crippen molar-refractivity contribution in [2.75, 3.05) is 13.1 Å². The number of guanidine groups is 1. The molecule has 5 nitrogen and oxygen atoms in total. The number of aryl methyl sites for hydroxylation is 2. The summed E-state index contributed by atoms with van der Waals surface area (Å²) in [4.78, 5) is 8.95. The molecule has 1 saturated carbocycles. The van der Waals surface area contributed by atoms with E-state index in [1.165, 1.54) is 25.7 Å². The predicted molar refractivity (Wildman–Crippen MR) is 89.9 cm³/mol. The topological polar surface area (TPSA) is 62.5 Å². The van der Waals surface area contributed by atoms with Crippen molar-refractivity contribution in [3.63, 3.8) is 0 Å². The third-order valence-corrected chi connectivity index (χ3v) is 4.48. The van der Waals surface area contributed by atoms with Crippen molar-refractivity contribution in [3.8, 4) is 0 Å². The first-order valence-corrected chi connectivity index (χ1v) is 8.53. The van der Waals surface area contributed by atoms with Crippen LogP contribution in [-0.2, 0) is 6.54 Å². The summed E-state index contributed by atoms with van der Waals surface area (Å²) in [5, 5.41) is 6.76. The molecule has 1 aliphatic carbocycles. The third kappa shape index (κ3) is 5.04. The van der Waals surface area contributed by atoms with Crippen LogP contribution in [0.25, 0.3) is 0 Å². The number of oxazole rings is 1. The van der Waals surface area contributed by atoms with Gasteiger partial charge in [0, 0.05) is 13.1 Å². The highest BCUT2D eigenvalue weighted by molar-refractivity contribution is 5.79. The first-order chi connectivity index (χ1) is 10.6. The monoisotopic (exact) mass is 306 g/mol. The maximum absolute atomic E-state index is 5.58. The first kappa shape index (κ1) is 16.8. The van der Waals surface area contributed by atoms with Crippen molar-refractivity contribution in [2.45, 2.75) is 59.9 Å². The zero-order chi connectivity index (χ0) is 15.9. The largest absolute Gasteiger partial charge is 0.444 e. The molecular formula is C17H30N4O. The molecule has 0 radical (unpaired) electrons. The second kappa shape index (κ2) is 8.20. The van der Waals surface area contributed by atoms with Crippen LogP contribution < -0.4 is 10.6 Å². The molecule has 0 aromatic carbocycles. The first-order valence-electron chi connectivity index (χ1n) is 8.53. The van der Waals surface area contributed by atoms with Gasteiger partial charge in [-0.15, -0.1) is 0 Å². The molecule has 0 atom stereocenters. The lowest BCUT2D eigenvalue weighted by molar-refractivity contribution is 0.289. The number of aliphatic imine (C=N–C) groups is 1. The molecule has 0 amide bonds. The van der Waals surface area contributed by atoms with Crippen LogP contribution in [0.15, 0.2) is 9.41 Å². The van der Waals surface area contributed by atoms with E-state index in [-0.39, 0.29) is 0 Å². The van der Waals surface area contributed by atoms with E-state index in [2.05, 4.69) is 34.5 Å². The van der Waals surface area contributed by atoms with Crippen molar-refractivity contribution >= 4 is 5.96 Å². The zero-order valence-electron chi connectivity index (χ0n) is 14.4. The SMILES string of the molecule is CCNC(=NCc1nc(C)c(C)o1)NCC1CCC(C)CC1. The minimum Gasteiger partial charge on any atom is -0.444 e. The van der Waals surface area contributed by atoms with Crippen molar-refractivity contribution in [3.05, 3.63) is 17.3 Å². The molecular weight excluding hydrogens is 276 g/mol. The van der Waals surface area contributed by atoms with E-state index < -0.39 is 0 Å². The van der Waals surface area contributed by atoms with Crippen LogP contribution in [-0.4, -0.2) is 24.0 Å². The number of nitrogens with one attached hydrogen (secondary N) is 2. The summed E-state index contributed by atoms with van der Waals surface area (Å²) in [5.74, 6) is 4.08. The Kier molecular flexibility index (Phi) is 6.28. The molecule has 1 fully saturated rings. The average Bonchev–Trinajstić information content (AvgIpc) is 2.82. The molecule has 0 spiro atoms. The van der Waals surface area contributed by atoms with Gasteiger partial charge >= 0.3 is 0 Å². The van der Waals surface area contributed by atoms with E-state index in [1.54, 1.807) is 0 Å². The Morgan fingerprint density at radius 3 is 2.55 bits per heavy atom. The summed E-state index contributed by atoms with van der Waals surface area (Å²) in [6.45, 7) is 10.7. The predicted octanol–water partition coefficient (Wildman–Crippen LogP) is 3.17. The molecule has 1 aromatic heterocycles. The molecule has 124 valence electrons. The molecule has 2 N–H and O–H groups in total. The highest BCUT2D eigenvalue weighted by Crippen LogP contribution is 2.27. The smallest absolute Gasteiger partial charge is 0.216 e. The maximum Gasteiger partial charge on any atom is 0.216 e. The van der Waals surface area contributed by atoms with Crippen molar-refractivity contribution < 1.29 is 4.42 Å². The van der Waals surface area contributed by atoms with Crippen LogP contribution in [0.2, 0.25) is 0 Å². The van der Waals surface area contributed by atoms with E-state index in [9.17, 15) is 0 Å². The van der Waals surface area contributed by atoms with Crippen LogP contribution >= 0.6 is 0 Å². The quantitative estimate of drug-likeness (QED) is 0.648. The van der Waals surface area contributed by atoms with E-state index >= 15 is 0 Å². The number of hydrogen-bond acceptors (Lipinski definition) is 3. The second-order valence-corrected chi connectivity index (χ2v) is 6.45. The van der Waals surface area contributed by atoms with E-state index in [4.69, 9.17) is 4.42 Å². The van der Waals surface area contributed by atoms with Gasteiger partial charge < -0.3 is 15.1 Å². The minimum absolute atomic E-state index is 0.478. The summed E-state index contributed by atoms with van der Waals surface area (Å²) < 4.78 is 5.58. The molecule has 0 aliphatic heterocycles. The number of nitrogens with zero attached hydrogens (tertiary/aromatic N) is 2. The van der Waals surface area contributed by atoms with E-state index in [0.29, 0.717) is 12.4 Å². The lowest BCUT2D eigenvalue weighted by atomic mass is 9.83. The number of aromatic nitrogens is 1. The highest BCUT2D eigenvalue weighted by atomic mass is 16.4. The Labute approximate surface area is 134 Å². The fourth-order valence-electron chi connectivity index (χ4n) is 2.87. The van der Waals surface area contributed by atoms with E-state index in [1.807, 2.05) is 13.8 Å². The van der Waals surface area contributed by atoms with Crippen LogP contribution in [0.4, 0.5) is 0 Å². The van der Waals surface area contributed by atoms with Gasteiger partial charge in [-0.2, -0.15) is 0 Å². The standard InChI is InChI=1S/C17H30N4O/c1-5-18-17(19-10-15-8-6-12(2)7-9-15)20-11-16-21-13(3)14(4)22-16/h12,15H,5-11H2,1-4H3,(H2,18,19,20). The number of rotatable bonds is 5. The summed E-state index contributed by atoms with van der Waals surface area (Å²) in [5.41, 5.74) is 0.944. The highest BCUT2D eigenvalue weighted by Gasteiger charge is 2.18. The van der Waals surface area contributed by atoms with Gasteiger partial charge in [0.2, 0.25) is 5.89 Å². The Bertz CT molecular complexity index is 467. The molecule has 1 heterocycles. The fourth-order valence-corrected chi connectivity index (χ4v) is 2.87. The van der Waals surface area contributed by atoms with Crippen molar-refractivity contribution in [2.24, 2.45) is 16.8 Å². The lowest BCUT2D eigenvalue weighted by Gasteiger charge is -2.26. The average molecular weight is 306 g/mol. The van der Waals surface area contributed by atoms with Crippen LogP contribution in [0, 0.1) is 25.7 Å². The van der Waals surface area contributed by atoms with Gasteiger partial charge in [-0.3, -0.25) is 0 Å². The fraction of sp³-hybridized carbons (Fsp3) is 0.765. The normalized spacial score (nSPS) is 22.6. The summed E-state index contributed by atoms with van der Waals surface area (Å²) >= 11 is 0. The van der Waals surface area contributed by atoms with E-state index in [0.717, 1.165) is 42.3 Å². The molecule has 2 rings (SSSR count). The van der Waals surface area contributed by atoms with Gasteiger partial charge in [0.1, 0.15) is 12.3 Å². The van der Waals surface area contributed by atoms with Gasteiger partial charge in [0.05, 0.1) is 5.69 Å². The van der Waals surface area contributed by atoms with Gasteiger partial charge in [-0.25, -0.2) is 9.98 Å². The summed E-state index contributed by atoms with van der Waals surface area (Å²) in [7, 11) is 0. The van der Waals surface area contributed by atoms with Crippen molar-refractivity contribution in [1.82, 2.24) is 15.6 Å². The lowest BCUT2D eigenvalue weighted by Crippen LogP contribution is -2.40. The molecule has 5 heteroatoms. The summed E-state index contributed by atoms with van der Waals surface area (Å²) in [6, 6.07) is 0. The van der Waals surface area contributed by atoms with Gasteiger partial charge in [0.15, 0.2) is 5.96 Å². The van der Waals surface area contributed by atoms with Crippen molar-refractivity contribution in [1.29, 1.82) is 0 Å².